The average Bonchev–Trinajstić information content (AvgIpc) is 3.28. The molecule has 1 aromatic heterocycles. The maximum absolute atomic E-state index is 12.4. The fourth-order valence-electron chi connectivity index (χ4n) is 4.27. The van der Waals surface area contributed by atoms with Crippen LogP contribution in [0.5, 0.6) is 5.75 Å². The van der Waals surface area contributed by atoms with Crippen LogP contribution >= 0.6 is 11.3 Å². The first-order valence-electron chi connectivity index (χ1n) is 11.5. The van der Waals surface area contributed by atoms with Gasteiger partial charge in [0.15, 0.2) is 0 Å². The Morgan fingerprint density at radius 3 is 2.76 bits per heavy atom. The Kier molecular flexibility index (Phi) is 7.31. The summed E-state index contributed by atoms with van der Waals surface area (Å²) in [5.41, 5.74) is 4.40. The Balaban J connectivity index is 1.65. The van der Waals surface area contributed by atoms with Gasteiger partial charge in [-0.25, -0.2) is 13.1 Å². The minimum absolute atomic E-state index is 0.0226. The van der Waals surface area contributed by atoms with Crippen LogP contribution in [-0.2, 0) is 16.4 Å². The van der Waals surface area contributed by atoms with Crippen LogP contribution in [0, 0.1) is 11.3 Å². The minimum Gasteiger partial charge on any atom is -0.490 e. The third-order valence-corrected chi connectivity index (χ3v) is 8.26. The zero-order valence-electron chi connectivity index (χ0n) is 19.5. The van der Waals surface area contributed by atoms with Crippen LogP contribution in [0.3, 0.4) is 0 Å². The van der Waals surface area contributed by atoms with Crippen molar-refractivity contribution in [1.82, 2.24) is 14.9 Å². The maximum Gasteiger partial charge on any atom is 0.212 e. The van der Waals surface area contributed by atoms with E-state index in [0.29, 0.717) is 17.7 Å². The molecule has 0 radical (unpaired) electrons. The van der Waals surface area contributed by atoms with E-state index in [2.05, 4.69) is 21.0 Å². The second-order valence-electron chi connectivity index (χ2n) is 8.66. The SMILES string of the molecule is CCCS(=O)(=O)N[C@H]1CCCc2c(-c3nnc(-c4ccc(OC(C)C)c(C#N)c4)s3)cccc21. The third-order valence-electron chi connectivity index (χ3n) is 5.67. The first-order valence-corrected chi connectivity index (χ1v) is 13.9. The number of benzene rings is 2. The standard InChI is InChI=1S/C25H28N4O3S2/c1-4-13-34(30,31)29-22-10-6-7-19-20(22)8-5-9-21(19)25-28-27-24(33-25)17-11-12-23(32-16(2)3)18(14-17)15-26/h5,8-9,11-12,14,16,22,29H,4,6-7,10,13H2,1-3H3/t22-/m0/s1. The summed E-state index contributed by atoms with van der Waals surface area (Å²) in [6.07, 6.45) is 3.11. The average molecular weight is 497 g/mol. The summed E-state index contributed by atoms with van der Waals surface area (Å²) in [5.74, 6) is 0.684. The third kappa shape index (κ3) is 5.30. The molecule has 0 saturated carbocycles. The van der Waals surface area contributed by atoms with E-state index in [1.807, 2.05) is 45.0 Å². The molecule has 34 heavy (non-hydrogen) atoms. The van der Waals surface area contributed by atoms with Crippen molar-refractivity contribution >= 4 is 21.4 Å². The number of ether oxygens (including phenoxy) is 1. The van der Waals surface area contributed by atoms with Crippen LogP contribution in [0.1, 0.15) is 62.8 Å². The number of fused-ring (bicyclic) bond motifs is 1. The summed E-state index contributed by atoms with van der Waals surface area (Å²) in [4.78, 5) is 0. The van der Waals surface area contributed by atoms with Crippen LogP contribution in [0.2, 0.25) is 0 Å². The number of nitrogens with one attached hydrogen (secondary N) is 1. The van der Waals surface area contributed by atoms with Gasteiger partial charge in [-0.15, -0.1) is 10.2 Å². The van der Waals surface area contributed by atoms with Gasteiger partial charge in [-0.1, -0.05) is 36.5 Å². The lowest BCUT2D eigenvalue weighted by atomic mass is 9.85. The van der Waals surface area contributed by atoms with E-state index < -0.39 is 10.0 Å². The smallest absolute Gasteiger partial charge is 0.212 e. The van der Waals surface area contributed by atoms with Gasteiger partial charge in [0.2, 0.25) is 10.0 Å². The van der Waals surface area contributed by atoms with Gasteiger partial charge in [-0.3, -0.25) is 0 Å². The molecule has 0 aliphatic heterocycles. The molecule has 178 valence electrons. The number of hydrogen-bond acceptors (Lipinski definition) is 7. The molecule has 1 aliphatic rings. The molecule has 7 nitrogen and oxygen atoms in total. The molecule has 0 fully saturated rings. The Labute approximate surface area is 204 Å². The van der Waals surface area contributed by atoms with E-state index in [-0.39, 0.29) is 17.9 Å². The summed E-state index contributed by atoms with van der Waals surface area (Å²) in [7, 11) is -3.31. The Morgan fingerprint density at radius 2 is 2.03 bits per heavy atom. The Bertz CT molecular complexity index is 1330. The quantitative estimate of drug-likeness (QED) is 0.457. The summed E-state index contributed by atoms with van der Waals surface area (Å²) < 4.78 is 33.4. The summed E-state index contributed by atoms with van der Waals surface area (Å²) >= 11 is 1.46. The van der Waals surface area contributed by atoms with Gasteiger partial charge in [-0.05, 0) is 68.9 Å². The number of sulfonamides is 1. The Morgan fingerprint density at radius 1 is 1.24 bits per heavy atom. The molecule has 1 aliphatic carbocycles. The van der Waals surface area contributed by atoms with Crippen molar-refractivity contribution < 1.29 is 13.2 Å². The molecule has 9 heteroatoms. The topological polar surface area (TPSA) is 105 Å². The molecule has 0 amide bonds. The zero-order chi connectivity index (χ0) is 24.3. The molecular formula is C25H28N4O3S2. The first-order chi connectivity index (χ1) is 16.3. The van der Waals surface area contributed by atoms with E-state index in [1.54, 1.807) is 12.1 Å². The predicted molar refractivity (Wildman–Crippen MR) is 134 cm³/mol. The van der Waals surface area contributed by atoms with Gasteiger partial charge in [0, 0.05) is 17.2 Å². The Hall–Kier alpha value is -2.80. The van der Waals surface area contributed by atoms with Crippen molar-refractivity contribution in [3.63, 3.8) is 0 Å². The van der Waals surface area contributed by atoms with Gasteiger partial charge in [0.1, 0.15) is 21.8 Å². The molecule has 0 saturated heterocycles. The number of hydrogen-bond donors (Lipinski definition) is 1. The summed E-state index contributed by atoms with van der Waals surface area (Å²) in [6, 6.07) is 13.4. The lowest BCUT2D eigenvalue weighted by molar-refractivity contribution is 0.242. The highest BCUT2D eigenvalue weighted by atomic mass is 32.2. The molecule has 2 aromatic carbocycles. The largest absolute Gasteiger partial charge is 0.490 e. The molecule has 0 unspecified atom stereocenters. The van der Waals surface area contributed by atoms with Gasteiger partial charge in [0.05, 0.1) is 17.4 Å². The van der Waals surface area contributed by atoms with E-state index in [9.17, 15) is 13.7 Å². The molecule has 4 rings (SSSR count). The fourth-order valence-corrected chi connectivity index (χ4v) is 6.50. The number of aromatic nitrogens is 2. The number of nitriles is 1. The summed E-state index contributed by atoms with van der Waals surface area (Å²) in [5, 5.41) is 19.9. The fraction of sp³-hybridized carbons (Fsp3) is 0.400. The lowest BCUT2D eigenvalue weighted by Crippen LogP contribution is -2.32. The highest BCUT2D eigenvalue weighted by Gasteiger charge is 2.27. The van der Waals surface area contributed by atoms with Crippen LogP contribution in [0.25, 0.3) is 21.1 Å². The zero-order valence-corrected chi connectivity index (χ0v) is 21.2. The monoisotopic (exact) mass is 496 g/mol. The van der Waals surface area contributed by atoms with Crippen molar-refractivity contribution in [1.29, 1.82) is 5.26 Å². The highest BCUT2D eigenvalue weighted by Crippen LogP contribution is 2.39. The second-order valence-corrected chi connectivity index (χ2v) is 11.5. The van der Waals surface area contributed by atoms with Crippen molar-refractivity contribution in [2.24, 2.45) is 0 Å². The van der Waals surface area contributed by atoms with Crippen LogP contribution in [0.15, 0.2) is 36.4 Å². The molecular weight excluding hydrogens is 468 g/mol. The molecule has 1 atom stereocenters. The summed E-state index contributed by atoms with van der Waals surface area (Å²) in [6.45, 7) is 5.71. The van der Waals surface area contributed by atoms with Crippen LogP contribution in [-0.4, -0.2) is 30.5 Å². The minimum atomic E-state index is -3.31. The van der Waals surface area contributed by atoms with Gasteiger partial charge in [0.25, 0.3) is 0 Å². The van der Waals surface area contributed by atoms with Crippen molar-refractivity contribution in [2.45, 2.75) is 58.6 Å². The van der Waals surface area contributed by atoms with E-state index in [4.69, 9.17) is 4.74 Å². The first kappa shape index (κ1) is 24.3. The molecule has 1 N–H and O–H groups in total. The van der Waals surface area contributed by atoms with Crippen molar-refractivity contribution in [3.8, 4) is 33.0 Å². The van der Waals surface area contributed by atoms with E-state index in [0.717, 1.165) is 51.5 Å². The maximum atomic E-state index is 12.4. The lowest BCUT2D eigenvalue weighted by Gasteiger charge is -2.27. The van der Waals surface area contributed by atoms with E-state index >= 15 is 0 Å². The van der Waals surface area contributed by atoms with Gasteiger partial charge >= 0.3 is 0 Å². The number of nitrogens with zero attached hydrogens (tertiary/aromatic N) is 3. The predicted octanol–water partition coefficient (Wildman–Crippen LogP) is 5.24. The molecule has 0 bridgehead atoms. The second kappa shape index (κ2) is 10.2. The molecule has 1 heterocycles. The van der Waals surface area contributed by atoms with Gasteiger partial charge < -0.3 is 4.74 Å². The van der Waals surface area contributed by atoms with Crippen LogP contribution < -0.4 is 9.46 Å². The van der Waals surface area contributed by atoms with Crippen molar-refractivity contribution in [2.75, 3.05) is 5.75 Å². The number of rotatable bonds is 8. The highest BCUT2D eigenvalue weighted by molar-refractivity contribution is 7.89. The van der Waals surface area contributed by atoms with Gasteiger partial charge in [-0.2, -0.15) is 5.26 Å². The normalized spacial score (nSPS) is 15.7. The molecule has 0 spiro atoms. The van der Waals surface area contributed by atoms with Crippen LogP contribution in [0.4, 0.5) is 0 Å². The van der Waals surface area contributed by atoms with Crippen molar-refractivity contribution in [3.05, 3.63) is 53.1 Å². The molecule has 3 aromatic rings. The van der Waals surface area contributed by atoms with E-state index in [1.165, 1.54) is 11.3 Å².